The maximum atomic E-state index is 12.5. The van der Waals surface area contributed by atoms with Crippen molar-refractivity contribution in [2.75, 3.05) is 0 Å². The van der Waals surface area contributed by atoms with Crippen LogP contribution in [0.1, 0.15) is 41.3 Å². The molecular formula is C25H21N5O2S2. The number of hydrogen-bond donors (Lipinski definition) is 2. The van der Waals surface area contributed by atoms with Gasteiger partial charge in [-0.3, -0.25) is 10.1 Å². The number of carbonyl (C=O) groups excluding carboxylic acids is 1. The van der Waals surface area contributed by atoms with Crippen LogP contribution < -0.4 is 10.6 Å². The van der Waals surface area contributed by atoms with E-state index < -0.39 is 0 Å². The van der Waals surface area contributed by atoms with Crippen molar-refractivity contribution < 1.29 is 9.21 Å². The van der Waals surface area contributed by atoms with Gasteiger partial charge in [0, 0.05) is 17.7 Å². The fourth-order valence-electron chi connectivity index (χ4n) is 3.52. The smallest absolute Gasteiger partial charge is 0.257 e. The van der Waals surface area contributed by atoms with E-state index in [1.54, 1.807) is 18.2 Å². The molecule has 0 aliphatic carbocycles. The minimum absolute atomic E-state index is 0.255. The van der Waals surface area contributed by atoms with E-state index in [0.717, 1.165) is 39.5 Å². The number of fused-ring (bicyclic) bond motifs is 2. The van der Waals surface area contributed by atoms with Crippen LogP contribution in [0.15, 0.2) is 65.1 Å². The lowest BCUT2D eigenvalue weighted by molar-refractivity contribution is 0.0976. The van der Waals surface area contributed by atoms with Gasteiger partial charge in [-0.15, -0.1) is 0 Å². The highest BCUT2D eigenvalue weighted by Gasteiger charge is 2.12. The fourth-order valence-corrected chi connectivity index (χ4v) is 4.20. The summed E-state index contributed by atoms with van der Waals surface area (Å²) in [5.41, 5.74) is 6.71. The Bertz CT molecular complexity index is 1510. The van der Waals surface area contributed by atoms with Crippen LogP contribution in [0.3, 0.4) is 0 Å². The van der Waals surface area contributed by atoms with Crippen LogP contribution in [0.5, 0.6) is 0 Å². The Morgan fingerprint density at radius 1 is 1.00 bits per heavy atom. The van der Waals surface area contributed by atoms with Gasteiger partial charge in [-0.1, -0.05) is 32.0 Å². The first kappa shape index (κ1) is 22.1. The largest absolute Gasteiger partial charge is 0.436 e. The highest BCUT2D eigenvalue weighted by Crippen LogP contribution is 2.27. The quantitative estimate of drug-likeness (QED) is 0.319. The van der Waals surface area contributed by atoms with Gasteiger partial charge >= 0.3 is 0 Å². The van der Waals surface area contributed by atoms with E-state index in [2.05, 4.69) is 50.3 Å². The van der Waals surface area contributed by atoms with E-state index in [-0.39, 0.29) is 11.0 Å². The molecule has 0 aliphatic heterocycles. The zero-order valence-electron chi connectivity index (χ0n) is 18.5. The molecule has 0 atom stereocenters. The van der Waals surface area contributed by atoms with E-state index in [4.69, 9.17) is 16.6 Å². The topological polar surface area (TPSA) is 92.9 Å². The second-order valence-corrected chi connectivity index (χ2v) is 9.14. The molecule has 0 saturated heterocycles. The standard InChI is InChI=1S/C25H21N5O2S2/c1-14(2)17-8-10-22-21(11-17)27-24(32-22)16-5-3-15(4-6-16)13-26-25(33)28-23(31)18-7-9-19-20(12-18)30-34-29-19/h3-12,14H,13H2,1-2H3,(H2,26,28,31,33). The van der Waals surface area contributed by atoms with Crippen LogP contribution in [-0.2, 0) is 6.54 Å². The Kier molecular flexibility index (Phi) is 6.04. The predicted octanol–water partition coefficient (Wildman–Crippen LogP) is 5.43. The van der Waals surface area contributed by atoms with Gasteiger partial charge in [0.05, 0.1) is 11.7 Å². The van der Waals surface area contributed by atoms with Crippen LogP contribution in [0.2, 0.25) is 0 Å². The summed E-state index contributed by atoms with van der Waals surface area (Å²) in [5, 5.41) is 6.02. The molecular weight excluding hydrogens is 466 g/mol. The van der Waals surface area contributed by atoms with Crippen molar-refractivity contribution in [1.82, 2.24) is 24.4 Å². The molecule has 2 heterocycles. The van der Waals surface area contributed by atoms with Crippen LogP contribution in [0.4, 0.5) is 0 Å². The SMILES string of the molecule is CC(C)c1ccc2oc(-c3ccc(CNC(=S)NC(=O)c4ccc5nsnc5c4)cc3)nc2c1. The van der Waals surface area contributed by atoms with E-state index in [9.17, 15) is 4.79 Å². The number of amides is 1. The van der Waals surface area contributed by atoms with Gasteiger partial charge in [-0.05, 0) is 71.7 Å². The lowest BCUT2D eigenvalue weighted by atomic mass is 10.0. The van der Waals surface area contributed by atoms with Gasteiger partial charge in [0.25, 0.3) is 5.91 Å². The molecule has 0 unspecified atom stereocenters. The lowest BCUT2D eigenvalue weighted by Crippen LogP contribution is -2.38. The number of aromatic nitrogens is 3. The molecule has 2 aromatic heterocycles. The number of rotatable bonds is 5. The molecule has 0 bridgehead atoms. The number of nitrogens with zero attached hydrogens (tertiary/aromatic N) is 3. The summed E-state index contributed by atoms with van der Waals surface area (Å²) in [6.07, 6.45) is 0. The minimum atomic E-state index is -0.292. The van der Waals surface area contributed by atoms with Crippen molar-refractivity contribution in [3.8, 4) is 11.5 Å². The maximum Gasteiger partial charge on any atom is 0.257 e. The molecule has 1 amide bonds. The first-order valence-electron chi connectivity index (χ1n) is 10.8. The van der Waals surface area contributed by atoms with Gasteiger partial charge in [0.2, 0.25) is 5.89 Å². The van der Waals surface area contributed by atoms with Crippen LogP contribution >= 0.6 is 23.9 Å². The number of benzene rings is 3. The lowest BCUT2D eigenvalue weighted by Gasteiger charge is -2.10. The zero-order valence-corrected chi connectivity index (χ0v) is 20.2. The Labute approximate surface area is 205 Å². The highest BCUT2D eigenvalue weighted by atomic mass is 32.1. The number of nitrogens with one attached hydrogen (secondary N) is 2. The van der Waals surface area contributed by atoms with Gasteiger partial charge < -0.3 is 9.73 Å². The second-order valence-electron chi connectivity index (χ2n) is 8.20. The van der Waals surface area contributed by atoms with Crippen molar-refractivity contribution in [2.45, 2.75) is 26.3 Å². The first-order valence-corrected chi connectivity index (χ1v) is 11.9. The molecule has 7 nitrogen and oxygen atoms in total. The molecule has 9 heteroatoms. The summed E-state index contributed by atoms with van der Waals surface area (Å²) in [5.74, 6) is 0.732. The van der Waals surface area contributed by atoms with Gasteiger partial charge in [0.15, 0.2) is 10.7 Å². The molecule has 0 fully saturated rings. The summed E-state index contributed by atoms with van der Waals surface area (Å²) < 4.78 is 14.2. The van der Waals surface area contributed by atoms with Gasteiger partial charge in [0.1, 0.15) is 16.6 Å². The van der Waals surface area contributed by atoms with Gasteiger partial charge in [-0.2, -0.15) is 8.75 Å². The summed E-state index contributed by atoms with van der Waals surface area (Å²) in [7, 11) is 0. The average Bonchev–Trinajstić information content (AvgIpc) is 3.48. The predicted molar refractivity (Wildman–Crippen MR) is 138 cm³/mol. The number of thiocarbonyl (C=S) groups is 1. The molecule has 3 aromatic carbocycles. The van der Waals surface area contributed by atoms with Crippen molar-refractivity contribution in [2.24, 2.45) is 0 Å². The number of oxazole rings is 1. The Balaban J connectivity index is 1.20. The molecule has 5 rings (SSSR count). The van der Waals surface area contributed by atoms with Crippen molar-refractivity contribution >= 4 is 57.1 Å². The first-order chi connectivity index (χ1) is 16.5. The maximum absolute atomic E-state index is 12.5. The van der Waals surface area contributed by atoms with Gasteiger partial charge in [-0.25, -0.2) is 4.98 Å². The van der Waals surface area contributed by atoms with Crippen LogP contribution in [-0.4, -0.2) is 24.8 Å². The molecule has 0 spiro atoms. The second kappa shape index (κ2) is 9.28. The Morgan fingerprint density at radius 2 is 1.79 bits per heavy atom. The van der Waals surface area contributed by atoms with Crippen molar-refractivity contribution in [3.05, 3.63) is 77.4 Å². The minimum Gasteiger partial charge on any atom is -0.436 e. The fraction of sp³-hybridized carbons (Fsp3) is 0.160. The van der Waals surface area contributed by atoms with E-state index in [0.29, 0.717) is 29.4 Å². The van der Waals surface area contributed by atoms with Crippen LogP contribution in [0.25, 0.3) is 33.6 Å². The molecule has 2 N–H and O–H groups in total. The molecule has 0 radical (unpaired) electrons. The highest BCUT2D eigenvalue weighted by molar-refractivity contribution is 7.80. The number of carbonyl (C=O) groups is 1. The van der Waals surface area contributed by atoms with E-state index in [1.807, 2.05) is 30.3 Å². The molecule has 0 aliphatic rings. The van der Waals surface area contributed by atoms with Crippen LogP contribution in [0, 0.1) is 0 Å². The van der Waals surface area contributed by atoms with E-state index >= 15 is 0 Å². The summed E-state index contributed by atoms with van der Waals surface area (Å²) in [6.45, 7) is 4.79. The zero-order chi connectivity index (χ0) is 23.7. The Morgan fingerprint density at radius 3 is 2.59 bits per heavy atom. The number of hydrogen-bond acceptors (Lipinski definition) is 7. The Hall–Kier alpha value is -3.69. The monoisotopic (exact) mass is 487 g/mol. The molecule has 5 aromatic rings. The molecule has 170 valence electrons. The van der Waals surface area contributed by atoms with E-state index in [1.165, 1.54) is 5.56 Å². The third-order valence-corrected chi connectivity index (χ3v) is 6.28. The summed E-state index contributed by atoms with van der Waals surface area (Å²) in [6, 6.07) is 19.2. The summed E-state index contributed by atoms with van der Waals surface area (Å²) in [4.78, 5) is 17.1. The molecule has 34 heavy (non-hydrogen) atoms. The third kappa shape index (κ3) is 4.66. The van der Waals surface area contributed by atoms with Crippen molar-refractivity contribution in [1.29, 1.82) is 0 Å². The molecule has 0 saturated carbocycles. The summed E-state index contributed by atoms with van der Waals surface area (Å²) >= 11 is 6.40. The van der Waals surface area contributed by atoms with Crippen molar-refractivity contribution in [3.63, 3.8) is 0 Å². The average molecular weight is 488 g/mol. The third-order valence-electron chi connectivity index (χ3n) is 5.48. The normalized spacial score (nSPS) is 11.3.